The topological polar surface area (TPSA) is 52.5 Å². The van der Waals surface area contributed by atoms with Gasteiger partial charge in [0, 0.05) is 29.8 Å². The summed E-state index contributed by atoms with van der Waals surface area (Å²) < 4.78 is 0. The lowest BCUT2D eigenvalue weighted by atomic mass is 9.95. The second kappa shape index (κ2) is 10.5. The predicted octanol–water partition coefficient (Wildman–Crippen LogP) is 10.3. The van der Waals surface area contributed by atoms with Crippen LogP contribution in [0.25, 0.3) is 33.3 Å². The molecule has 1 aliphatic rings. The van der Waals surface area contributed by atoms with Crippen LogP contribution in [0, 0.1) is 20.8 Å². The number of phenolic OH excluding ortho intramolecular Hbond substituents is 1. The Labute approximate surface area is 259 Å². The van der Waals surface area contributed by atoms with Crippen molar-refractivity contribution in [3.05, 3.63) is 119 Å². The highest BCUT2D eigenvalue weighted by Crippen LogP contribution is 2.51. The van der Waals surface area contributed by atoms with Gasteiger partial charge in [0.05, 0.1) is 28.4 Å². The largest absolute Gasteiger partial charge is 0.506 e. The zero-order valence-electron chi connectivity index (χ0n) is 26.1. The van der Waals surface area contributed by atoms with Crippen LogP contribution in [-0.2, 0) is 0 Å². The monoisotopic (exact) mass is 576 g/mol. The van der Waals surface area contributed by atoms with Crippen LogP contribution in [0.5, 0.6) is 5.75 Å². The van der Waals surface area contributed by atoms with E-state index >= 15 is 0 Å². The molecule has 0 bridgehead atoms. The molecule has 0 atom stereocenters. The van der Waals surface area contributed by atoms with E-state index in [1.165, 1.54) is 27.8 Å². The molecule has 218 valence electrons. The maximum atomic E-state index is 10.7. The minimum absolute atomic E-state index is 0.197. The van der Waals surface area contributed by atoms with Crippen LogP contribution in [0.3, 0.4) is 0 Å². The van der Waals surface area contributed by atoms with Crippen molar-refractivity contribution in [3.8, 4) is 28.1 Å². The number of para-hydroxylation sites is 2. The normalized spacial score (nSPS) is 12.5. The van der Waals surface area contributed by atoms with Crippen LogP contribution in [0.1, 0.15) is 42.0 Å². The fourth-order valence-corrected chi connectivity index (χ4v) is 6.78. The molecule has 0 spiro atoms. The lowest BCUT2D eigenvalue weighted by molar-refractivity contribution is 0.480. The second-order valence-electron chi connectivity index (χ2n) is 12.2. The third kappa shape index (κ3) is 4.47. The number of anilines is 5. The highest BCUT2D eigenvalue weighted by Gasteiger charge is 2.29. The van der Waals surface area contributed by atoms with Gasteiger partial charge in [-0.15, -0.1) is 0 Å². The van der Waals surface area contributed by atoms with Crippen molar-refractivity contribution in [1.29, 1.82) is 0 Å². The van der Waals surface area contributed by atoms with Gasteiger partial charge in [0.15, 0.2) is 0 Å². The van der Waals surface area contributed by atoms with Gasteiger partial charge in [-0.3, -0.25) is 4.90 Å². The van der Waals surface area contributed by atoms with E-state index in [4.69, 9.17) is 9.97 Å². The van der Waals surface area contributed by atoms with Gasteiger partial charge in [0.1, 0.15) is 17.1 Å². The van der Waals surface area contributed by atoms with Gasteiger partial charge in [-0.2, -0.15) is 0 Å². The van der Waals surface area contributed by atoms with E-state index in [-0.39, 0.29) is 5.75 Å². The van der Waals surface area contributed by atoms with Gasteiger partial charge in [-0.1, -0.05) is 61.9 Å². The zero-order valence-corrected chi connectivity index (χ0v) is 26.1. The Kier molecular flexibility index (Phi) is 6.62. The maximum Gasteiger partial charge on any atom is 0.141 e. The molecule has 6 aromatic rings. The molecule has 0 unspecified atom stereocenters. The Morgan fingerprint density at radius 1 is 0.705 bits per heavy atom. The molecular formula is C39H36N4O. The lowest BCUT2D eigenvalue weighted by Gasteiger charge is -2.38. The average molecular weight is 577 g/mol. The van der Waals surface area contributed by atoms with Crippen molar-refractivity contribution in [1.82, 2.24) is 9.97 Å². The summed E-state index contributed by atoms with van der Waals surface area (Å²) in [5.41, 5.74) is 14.0. The van der Waals surface area contributed by atoms with E-state index in [1.807, 2.05) is 12.3 Å². The first-order chi connectivity index (χ1) is 21.2. The van der Waals surface area contributed by atoms with Crippen molar-refractivity contribution in [2.24, 2.45) is 0 Å². The van der Waals surface area contributed by atoms with Gasteiger partial charge < -0.3 is 10.0 Å². The van der Waals surface area contributed by atoms with Gasteiger partial charge in [0.2, 0.25) is 0 Å². The summed E-state index contributed by atoms with van der Waals surface area (Å²) in [6, 6.07) is 31.5. The molecule has 5 heteroatoms. The number of fused-ring (bicyclic) bond motifs is 3. The van der Waals surface area contributed by atoms with Gasteiger partial charge in [0.25, 0.3) is 0 Å². The number of hydrogen-bond acceptors (Lipinski definition) is 5. The summed E-state index contributed by atoms with van der Waals surface area (Å²) in [5, 5.41) is 11.7. The van der Waals surface area contributed by atoms with E-state index in [0.717, 1.165) is 50.8 Å². The summed E-state index contributed by atoms with van der Waals surface area (Å²) in [6.07, 6.45) is 1.99. The van der Waals surface area contributed by atoms with Crippen molar-refractivity contribution in [2.75, 3.05) is 16.8 Å². The highest BCUT2D eigenvalue weighted by molar-refractivity contribution is 5.99. The Bertz CT molecular complexity index is 2040. The van der Waals surface area contributed by atoms with E-state index in [2.05, 4.69) is 130 Å². The number of aromatic nitrogens is 2. The molecule has 3 heterocycles. The first-order valence-electron chi connectivity index (χ1n) is 15.2. The predicted molar refractivity (Wildman–Crippen MR) is 183 cm³/mol. The Morgan fingerprint density at radius 3 is 2.11 bits per heavy atom. The molecule has 7 rings (SSSR count). The number of phenols is 1. The standard InChI is InChI=1S/C39H36N4O/c1-23(2)29-14-17-36(44)39-30(29)13-15-31(41-39)27-11-16-33-35(21-27)43(34-10-8-7-9-32(34)42(33)6)37-18-12-28(22-40-37)38-25(4)19-24(3)20-26(38)5/h7-23,44H,1-6H3. The van der Waals surface area contributed by atoms with Crippen LogP contribution in [0.15, 0.2) is 97.2 Å². The van der Waals surface area contributed by atoms with Crippen molar-refractivity contribution in [3.63, 3.8) is 0 Å². The van der Waals surface area contributed by atoms with Crippen LogP contribution in [0.2, 0.25) is 0 Å². The number of rotatable bonds is 4. The van der Waals surface area contributed by atoms with Crippen LogP contribution >= 0.6 is 0 Å². The average Bonchev–Trinajstić information content (AvgIpc) is 3.01. The zero-order chi connectivity index (χ0) is 30.7. The molecule has 0 saturated heterocycles. The molecule has 0 radical (unpaired) electrons. The first kappa shape index (κ1) is 27.7. The quantitative estimate of drug-likeness (QED) is 0.226. The molecule has 0 fully saturated rings. The fourth-order valence-electron chi connectivity index (χ4n) is 6.78. The minimum atomic E-state index is 0.197. The molecule has 0 saturated carbocycles. The highest BCUT2D eigenvalue weighted by atomic mass is 16.3. The van der Waals surface area contributed by atoms with E-state index in [0.29, 0.717) is 11.4 Å². The minimum Gasteiger partial charge on any atom is -0.506 e. The lowest BCUT2D eigenvalue weighted by Crippen LogP contribution is -2.24. The fraction of sp³-hybridized carbons (Fsp3) is 0.179. The van der Waals surface area contributed by atoms with Gasteiger partial charge >= 0.3 is 0 Å². The molecule has 0 amide bonds. The van der Waals surface area contributed by atoms with Crippen LogP contribution in [0.4, 0.5) is 28.6 Å². The van der Waals surface area contributed by atoms with E-state index in [1.54, 1.807) is 6.07 Å². The number of aryl methyl sites for hydroxylation is 3. The van der Waals surface area contributed by atoms with Gasteiger partial charge in [-0.25, -0.2) is 9.97 Å². The summed E-state index contributed by atoms with van der Waals surface area (Å²) in [7, 11) is 2.11. The Balaban J connectivity index is 1.36. The van der Waals surface area contributed by atoms with E-state index in [9.17, 15) is 5.11 Å². The van der Waals surface area contributed by atoms with E-state index < -0.39 is 0 Å². The summed E-state index contributed by atoms with van der Waals surface area (Å²) in [4.78, 5) is 14.5. The molecule has 4 aromatic carbocycles. The first-order valence-corrected chi connectivity index (χ1v) is 15.2. The summed E-state index contributed by atoms with van der Waals surface area (Å²) in [5.74, 6) is 1.38. The van der Waals surface area contributed by atoms with Crippen LogP contribution in [-0.4, -0.2) is 22.1 Å². The van der Waals surface area contributed by atoms with Crippen molar-refractivity contribution in [2.45, 2.75) is 40.5 Å². The summed E-state index contributed by atoms with van der Waals surface area (Å²) in [6.45, 7) is 10.8. The summed E-state index contributed by atoms with van der Waals surface area (Å²) >= 11 is 0. The number of benzene rings is 4. The molecule has 44 heavy (non-hydrogen) atoms. The molecular weight excluding hydrogens is 540 g/mol. The third-order valence-electron chi connectivity index (χ3n) is 8.79. The molecule has 1 N–H and O–H groups in total. The molecule has 1 aliphatic heterocycles. The number of hydrogen-bond donors (Lipinski definition) is 1. The molecule has 2 aromatic heterocycles. The number of pyridine rings is 2. The van der Waals surface area contributed by atoms with Crippen molar-refractivity contribution < 1.29 is 5.11 Å². The number of aromatic hydroxyl groups is 1. The number of nitrogens with zero attached hydrogens (tertiary/aromatic N) is 4. The Morgan fingerprint density at radius 2 is 1.41 bits per heavy atom. The smallest absolute Gasteiger partial charge is 0.141 e. The van der Waals surface area contributed by atoms with Crippen molar-refractivity contribution >= 4 is 39.5 Å². The SMILES string of the molecule is Cc1cc(C)c(-c2ccc(N3c4ccccc4N(C)c4ccc(-c5ccc6c(C(C)C)ccc(O)c6n5)cc43)nc2)c(C)c1. The molecule has 5 nitrogen and oxygen atoms in total. The van der Waals surface area contributed by atoms with Crippen LogP contribution < -0.4 is 9.80 Å². The second-order valence-corrected chi connectivity index (χ2v) is 12.2. The van der Waals surface area contributed by atoms with Gasteiger partial charge in [-0.05, 0) is 97.5 Å². The maximum absolute atomic E-state index is 10.7. The third-order valence-corrected chi connectivity index (χ3v) is 8.79. The Hall–Kier alpha value is -5.16. The molecule has 0 aliphatic carbocycles.